The van der Waals surface area contributed by atoms with Crippen LogP contribution in [0, 0.1) is 0 Å². The van der Waals surface area contributed by atoms with Gasteiger partial charge in [-0.2, -0.15) is 0 Å². The highest BCUT2D eigenvalue weighted by Crippen LogP contribution is 1.99. The van der Waals surface area contributed by atoms with Gasteiger partial charge >= 0.3 is 17.9 Å². The Balaban J connectivity index is 4.09. The molecule has 0 radical (unpaired) electrons. The largest absolute Gasteiger partial charge is 0.462 e. The molecule has 16 heavy (non-hydrogen) atoms. The third-order valence-corrected chi connectivity index (χ3v) is 1.81. The number of carbonyl (C=O) groups excluding carboxylic acids is 3. The van der Waals surface area contributed by atoms with Gasteiger partial charge in [0.1, 0.15) is 18.5 Å². The number of hydrogen-bond acceptors (Lipinski definition) is 6. The quantitative estimate of drug-likeness (QED) is 0.401. The molecule has 0 atom stereocenters. The van der Waals surface area contributed by atoms with Gasteiger partial charge in [0.25, 0.3) is 0 Å². The average Bonchev–Trinajstić information content (AvgIpc) is 2.21. The third-order valence-electron chi connectivity index (χ3n) is 1.35. The molecular formula is C9H13BrO6. The summed E-state index contributed by atoms with van der Waals surface area (Å²) in [6.07, 6.45) is -0.780. The predicted octanol–water partition coefficient (Wildman–Crippen LogP) is 0.419. The number of carbonyl (C=O) groups is 3. The van der Waals surface area contributed by atoms with Crippen molar-refractivity contribution in [3.8, 4) is 0 Å². The summed E-state index contributed by atoms with van der Waals surface area (Å²) >= 11 is 2.91. The van der Waals surface area contributed by atoms with E-state index in [1.54, 1.807) is 0 Å². The van der Waals surface area contributed by atoms with Crippen LogP contribution in [0.15, 0.2) is 0 Å². The number of ether oxygens (including phenoxy) is 3. The zero-order valence-corrected chi connectivity index (χ0v) is 10.6. The van der Waals surface area contributed by atoms with E-state index in [9.17, 15) is 14.4 Å². The first-order valence-electron chi connectivity index (χ1n) is 4.48. The fourth-order valence-electron chi connectivity index (χ4n) is 0.754. The Morgan fingerprint density at radius 1 is 1.06 bits per heavy atom. The van der Waals surface area contributed by atoms with Crippen LogP contribution in [-0.2, 0) is 28.6 Å². The maximum atomic E-state index is 11.0. The Bertz CT molecular complexity index is 247. The summed E-state index contributed by atoms with van der Waals surface area (Å²) in [6, 6.07) is 0. The summed E-state index contributed by atoms with van der Waals surface area (Å²) in [5.41, 5.74) is 0. The van der Waals surface area contributed by atoms with E-state index in [0.29, 0.717) is 0 Å². The van der Waals surface area contributed by atoms with Gasteiger partial charge in [0.2, 0.25) is 0 Å². The average molecular weight is 297 g/mol. The smallest absolute Gasteiger partial charge is 0.317 e. The van der Waals surface area contributed by atoms with Crippen molar-refractivity contribution in [3.63, 3.8) is 0 Å². The van der Waals surface area contributed by atoms with Crippen LogP contribution < -0.4 is 0 Å². The highest BCUT2D eigenvalue weighted by atomic mass is 79.9. The molecule has 0 saturated heterocycles. The Morgan fingerprint density at radius 2 is 1.50 bits per heavy atom. The van der Waals surface area contributed by atoms with Gasteiger partial charge in [-0.15, -0.1) is 0 Å². The zero-order valence-electron chi connectivity index (χ0n) is 9.03. The lowest BCUT2D eigenvalue weighted by molar-refractivity contribution is -0.163. The molecule has 0 spiro atoms. The molecule has 0 unspecified atom stereocenters. The SMILES string of the molecule is CC(=O)OCC(COC(C)=O)OC(=O)CBr. The van der Waals surface area contributed by atoms with Crippen molar-refractivity contribution in [3.05, 3.63) is 0 Å². The van der Waals surface area contributed by atoms with Crippen LogP contribution >= 0.6 is 15.9 Å². The van der Waals surface area contributed by atoms with Gasteiger partial charge in [-0.25, -0.2) is 0 Å². The molecule has 92 valence electrons. The van der Waals surface area contributed by atoms with E-state index < -0.39 is 24.0 Å². The second kappa shape index (κ2) is 8.09. The Labute approximate surface area is 101 Å². The van der Waals surface area contributed by atoms with Crippen molar-refractivity contribution in [1.82, 2.24) is 0 Å². The van der Waals surface area contributed by atoms with E-state index in [1.807, 2.05) is 0 Å². The molecule has 0 amide bonds. The summed E-state index contributed by atoms with van der Waals surface area (Å²) in [5.74, 6) is -1.52. The van der Waals surface area contributed by atoms with Gasteiger partial charge in [0.15, 0.2) is 6.10 Å². The Hall–Kier alpha value is -1.11. The first kappa shape index (κ1) is 14.9. The number of rotatable bonds is 6. The van der Waals surface area contributed by atoms with Gasteiger partial charge in [-0.3, -0.25) is 14.4 Å². The summed E-state index contributed by atoms with van der Waals surface area (Å²) in [6.45, 7) is 2.19. The van der Waals surface area contributed by atoms with Gasteiger partial charge in [0.05, 0.1) is 0 Å². The molecule has 0 aliphatic rings. The molecule has 0 aliphatic carbocycles. The molecule has 7 heteroatoms. The van der Waals surface area contributed by atoms with Crippen molar-refractivity contribution >= 4 is 33.8 Å². The fraction of sp³-hybridized carbons (Fsp3) is 0.667. The van der Waals surface area contributed by atoms with E-state index in [4.69, 9.17) is 4.74 Å². The van der Waals surface area contributed by atoms with Crippen molar-refractivity contribution in [2.24, 2.45) is 0 Å². The minimum atomic E-state index is -0.780. The molecule has 0 fully saturated rings. The van der Waals surface area contributed by atoms with E-state index in [2.05, 4.69) is 25.4 Å². The predicted molar refractivity (Wildman–Crippen MR) is 56.9 cm³/mol. The molecule has 0 bridgehead atoms. The van der Waals surface area contributed by atoms with Gasteiger partial charge in [0, 0.05) is 13.8 Å². The Kier molecular flexibility index (Phi) is 7.53. The van der Waals surface area contributed by atoms with Crippen molar-refractivity contribution in [2.45, 2.75) is 20.0 Å². The molecule has 0 aromatic rings. The highest BCUT2D eigenvalue weighted by Gasteiger charge is 2.16. The molecule has 6 nitrogen and oxygen atoms in total. The molecule has 0 saturated carbocycles. The monoisotopic (exact) mass is 296 g/mol. The minimum absolute atomic E-state index is 0.0175. The maximum absolute atomic E-state index is 11.0. The fourth-order valence-corrected chi connectivity index (χ4v) is 0.886. The van der Waals surface area contributed by atoms with Crippen LogP contribution in [0.2, 0.25) is 0 Å². The molecule has 0 N–H and O–H groups in total. The van der Waals surface area contributed by atoms with Crippen LogP contribution in [0.5, 0.6) is 0 Å². The second-order valence-corrected chi connectivity index (χ2v) is 3.41. The van der Waals surface area contributed by atoms with Crippen LogP contribution in [-0.4, -0.2) is 42.6 Å². The summed E-state index contributed by atoms with van der Waals surface area (Å²) in [7, 11) is 0. The molecule has 0 heterocycles. The standard InChI is InChI=1S/C9H13BrO6/c1-6(11)14-4-8(5-15-7(2)12)16-9(13)3-10/h8H,3-5H2,1-2H3. The van der Waals surface area contributed by atoms with Gasteiger partial charge < -0.3 is 14.2 Å². The first-order valence-corrected chi connectivity index (χ1v) is 5.60. The van der Waals surface area contributed by atoms with Crippen molar-refractivity contribution in [2.75, 3.05) is 18.5 Å². The molecule has 0 aliphatic heterocycles. The first-order chi connectivity index (χ1) is 7.45. The lowest BCUT2D eigenvalue weighted by Gasteiger charge is -2.16. The van der Waals surface area contributed by atoms with Crippen LogP contribution in [0.3, 0.4) is 0 Å². The van der Waals surface area contributed by atoms with Crippen molar-refractivity contribution < 1.29 is 28.6 Å². The van der Waals surface area contributed by atoms with E-state index in [1.165, 1.54) is 13.8 Å². The Morgan fingerprint density at radius 3 is 1.81 bits per heavy atom. The van der Waals surface area contributed by atoms with E-state index in [0.717, 1.165) is 0 Å². The van der Waals surface area contributed by atoms with Crippen LogP contribution in [0.1, 0.15) is 13.8 Å². The number of esters is 3. The second-order valence-electron chi connectivity index (χ2n) is 2.85. The lowest BCUT2D eigenvalue weighted by atomic mass is 10.4. The van der Waals surface area contributed by atoms with Gasteiger partial charge in [-0.1, -0.05) is 15.9 Å². The van der Waals surface area contributed by atoms with Crippen LogP contribution in [0.25, 0.3) is 0 Å². The van der Waals surface area contributed by atoms with Crippen LogP contribution in [0.4, 0.5) is 0 Å². The lowest BCUT2D eigenvalue weighted by Crippen LogP contribution is -2.30. The summed E-state index contributed by atoms with van der Waals surface area (Å²) in [5, 5.41) is 0.0175. The minimum Gasteiger partial charge on any atom is -0.462 e. The number of alkyl halides is 1. The highest BCUT2D eigenvalue weighted by molar-refractivity contribution is 9.09. The third kappa shape index (κ3) is 8.22. The molecule has 0 aromatic carbocycles. The normalized spacial score (nSPS) is 9.75. The van der Waals surface area contributed by atoms with Crippen molar-refractivity contribution in [1.29, 1.82) is 0 Å². The topological polar surface area (TPSA) is 78.9 Å². The molecular weight excluding hydrogens is 284 g/mol. The molecule has 0 rings (SSSR count). The maximum Gasteiger partial charge on any atom is 0.317 e. The number of halogens is 1. The zero-order chi connectivity index (χ0) is 12.6. The summed E-state index contributed by atoms with van der Waals surface area (Å²) in [4.78, 5) is 32.1. The number of hydrogen-bond donors (Lipinski definition) is 0. The van der Waals surface area contributed by atoms with E-state index in [-0.39, 0.29) is 18.5 Å². The van der Waals surface area contributed by atoms with Gasteiger partial charge in [-0.05, 0) is 0 Å². The molecule has 0 aromatic heterocycles. The summed E-state index contributed by atoms with van der Waals surface area (Å²) < 4.78 is 14.2. The van der Waals surface area contributed by atoms with E-state index >= 15 is 0 Å².